The van der Waals surface area contributed by atoms with Crippen molar-refractivity contribution < 1.29 is 4.79 Å². The van der Waals surface area contributed by atoms with Crippen LogP contribution in [0.5, 0.6) is 0 Å². The summed E-state index contributed by atoms with van der Waals surface area (Å²) in [5, 5.41) is 4.93. The van der Waals surface area contributed by atoms with Crippen LogP contribution in [0, 0.1) is 0 Å². The zero-order valence-corrected chi connectivity index (χ0v) is 24.2. The van der Waals surface area contributed by atoms with E-state index >= 15 is 0 Å². The average Bonchev–Trinajstić information content (AvgIpc) is 3.56. The highest BCUT2D eigenvalue weighted by atomic mass is 32.2. The summed E-state index contributed by atoms with van der Waals surface area (Å²) in [4.78, 5) is 17.1. The number of anilines is 2. The highest BCUT2D eigenvalue weighted by Crippen LogP contribution is 2.50. The quantitative estimate of drug-likeness (QED) is 0.207. The molecule has 6 aromatic carbocycles. The molecule has 2 aromatic heterocycles. The monoisotopic (exact) mass is 571 g/mol. The molecule has 3 heterocycles. The first-order chi connectivity index (χ1) is 21.2. The molecule has 1 aliphatic heterocycles. The zero-order chi connectivity index (χ0) is 28.7. The Morgan fingerprint density at radius 3 is 1.19 bits per heavy atom. The summed E-state index contributed by atoms with van der Waals surface area (Å²) in [5.74, 6) is -0.00275. The SMILES string of the molecule is CC(=O)N1c2ccc(-n3c4ccccc4c4ccccc43)cc2Sc2cc(-n3c4ccccc4c4ccccc43)ccc21. The molecule has 9 rings (SSSR count). The molecule has 0 bridgehead atoms. The van der Waals surface area contributed by atoms with E-state index in [1.54, 1.807) is 18.7 Å². The van der Waals surface area contributed by atoms with E-state index in [1.807, 2.05) is 4.90 Å². The standard InChI is InChI=1S/C38H25N3OS/c1-24(42)39-35-20-18-25(40-31-14-6-2-10-27(31)28-11-3-7-15-32(28)40)22-37(35)43-38-23-26(19-21-36(38)39)41-33-16-8-4-12-29(33)30-13-5-9-17-34(30)41/h2-23H,1H3. The second kappa shape index (κ2) is 9.12. The van der Waals surface area contributed by atoms with Crippen LogP contribution in [0.4, 0.5) is 11.4 Å². The molecule has 43 heavy (non-hydrogen) atoms. The van der Waals surface area contributed by atoms with Crippen molar-refractivity contribution in [1.29, 1.82) is 0 Å². The lowest BCUT2D eigenvalue weighted by atomic mass is 10.2. The molecule has 0 spiro atoms. The minimum atomic E-state index is -0.00275. The summed E-state index contributed by atoms with van der Waals surface area (Å²) >= 11 is 1.73. The summed E-state index contributed by atoms with van der Waals surface area (Å²) in [6.07, 6.45) is 0. The van der Waals surface area contributed by atoms with E-state index in [0.717, 1.165) is 32.5 Å². The van der Waals surface area contributed by atoms with Crippen molar-refractivity contribution in [3.05, 3.63) is 133 Å². The summed E-state index contributed by atoms with van der Waals surface area (Å²) in [6.45, 7) is 1.64. The van der Waals surface area contributed by atoms with Gasteiger partial charge >= 0.3 is 0 Å². The van der Waals surface area contributed by atoms with Crippen LogP contribution >= 0.6 is 11.8 Å². The molecule has 8 aromatic rings. The average molecular weight is 572 g/mol. The van der Waals surface area contributed by atoms with Gasteiger partial charge in [-0.1, -0.05) is 84.6 Å². The number of rotatable bonds is 2. The molecular formula is C38H25N3OS. The maximum absolute atomic E-state index is 13.2. The fourth-order valence-electron chi connectivity index (χ4n) is 6.81. The van der Waals surface area contributed by atoms with Gasteiger partial charge in [0.1, 0.15) is 0 Å². The van der Waals surface area contributed by atoms with Gasteiger partial charge in [-0.05, 0) is 60.7 Å². The molecule has 0 fully saturated rings. The van der Waals surface area contributed by atoms with Gasteiger partial charge in [0, 0.05) is 49.6 Å². The molecule has 1 amide bonds. The van der Waals surface area contributed by atoms with Gasteiger partial charge in [0.25, 0.3) is 0 Å². The van der Waals surface area contributed by atoms with Crippen molar-refractivity contribution >= 4 is 72.7 Å². The molecular weight excluding hydrogens is 547 g/mol. The number of para-hydroxylation sites is 4. The number of nitrogens with zero attached hydrogens (tertiary/aromatic N) is 3. The summed E-state index contributed by atoms with van der Waals surface area (Å²) in [7, 11) is 0. The Morgan fingerprint density at radius 1 is 0.488 bits per heavy atom. The molecule has 0 radical (unpaired) electrons. The fourth-order valence-corrected chi connectivity index (χ4v) is 7.93. The van der Waals surface area contributed by atoms with Crippen molar-refractivity contribution in [2.75, 3.05) is 4.90 Å². The van der Waals surface area contributed by atoms with Gasteiger partial charge in [-0.3, -0.25) is 9.69 Å². The van der Waals surface area contributed by atoms with Crippen molar-refractivity contribution in [3.63, 3.8) is 0 Å². The van der Waals surface area contributed by atoms with Gasteiger partial charge in [-0.15, -0.1) is 0 Å². The normalized spacial score (nSPS) is 12.7. The zero-order valence-electron chi connectivity index (χ0n) is 23.4. The Kier molecular flexibility index (Phi) is 5.16. The molecule has 5 heteroatoms. The lowest BCUT2D eigenvalue weighted by molar-refractivity contribution is -0.115. The van der Waals surface area contributed by atoms with Gasteiger partial charge in [-0.2, -0.15) is 0 Å². The second-order valence-electron chi connectivity index (χ2n) is 11.0. The molecule has 0 saturated carbocycles. The first-order valence-electron chi connectivity index (χ1n) is 14.4. The molecule has 0 aliphatic carbocycles. The van der Waals surface area contributed by atoms with E-state index < -0.39 is 0 Å². The van der Waals surface area contributed by atoms with Gasteiger partial charge in [0.2, 0.25) is 5.91 Å². The van der Waals surface area contributed by atoms with Gasteiger partial charge in [0.15, 0.2) is 0 Å². The number of carbonyl (C=O) groups is 1. The molecule has 204 valence electrons. The van der Waals surface area contributed by atoms with Crippen LogP contribution in [-0.4, -0.2) is 15.0 Å². The highest BCUT2D eigenvalue weighted by Gasteiger charge is 2.28. The van der Waals surface area contributed by atoms with Crippen LogP contribution in [0.1, 0.15) is 6.92 Å². The second-order valence-corrected chi connectivity index (χ2v) is 12.1. The third kappa shape index (κ3) is 3.49. The number of benzene rings is 6. The fraction of sp³-hybridized carbons (Fsp3) is 0.0263. The predicted molar refractivity (Wildman–Crippen MR) is 179 cm³/mol. The molecule has 4 nitrogen and oxygen atoms in total. The maximum Gasteiger partial charge on any atom is 0.228 e. The number of carbonyl (C=O) groups excluding carboxylic acids is 1. The lowest BCUT2D eigenvalue weighted by Crippen LogP contribution is -2.25. The van der Waals surface area contributed by atoms with E-state index in [2.05, 4.69) is 143 Å². The van der Waals surface area contributed by atoms with E-state index in [0.29, 0.717) is 0 Å². The molecule has 1 aliphatic rings. The van der Waals surface area contributed by atoms with E-state index in [1.165, 1.54) is 43.6 Å². The van der Waals surface area contributed by atoms with E-state index in [9.17, 15) is 4.79 Å². The number of hydrogen-bond acceptors (Lipinski definition) is 2. The van der Waals surface area contributed by atoms with Crippen LogP contribution in [0.2, 0.25) is 0 Å². The Bertz CT molecular complexity index is 2160. The van der Waals surface area contributed by atoms with Gasteiger partial charge in [0.05, 0.1) is 33.4 Å². The van der Waals surface area contributed by atoms with Crippen molar-refractivity contribution in [1.82, 2.24) is 9.13 Å². The smallest absolute Gasteiger partial charge is 0.228 e. The van der Waals surface area contributed by atoms with Crippen LogP contribution in [0.25, 0.3) is 55.0 Å². The predicted octanol–water partition coefficient (Wildman–Crippen LogP) is 10.0. The summed E-state index contributed by atoms with van der Waals surface area (Å²) in [5.41, 5.74) is 8.66. The Labute approximate surface area is 252 Å². The summed E-state index contributed by atoms with van der Waals surface area (Å²) < 4.78 is 4.65. The lowest BCUT2D eigenvalue weighted by Gasteiger charge is -2.31. The summed E-state index contributed by atoms with van der Waals surface area (Å²) in [6, 6.07) is 47.1. The van der Waals surface area contributed by atoms with Crippen LogP contribution in [0.3, 0.4) is 0 Å². The number of fused-ring (bicyclic) bond motifs is 8. The van der Waals surface area contributed by atoms with Crippen LogP contribution in [-0.2, 0) is 4.79 Å². The molecule has 0 N–H and O–H groups in total. The Morgan fingerprint density at radius 2 is 0.837 bits per heavy atom. The largest absolute Gasteiger partial charge is 0.309 e. The number of aromatic nitrogens is 2. The van der Waals surface area contributed by atoms with Gasteiger partial charge in [-0.25, -0.2) is 0 Å². The van der Waals surface area contributed by atoms with Crippen molar-refractivity contribution in [2.24, 2.45) is 0 Å². The molecule has 0 saturated heterocycles. The molecule has 0 atom stereocenters. The van der Waals surface area contributed by atoms with E-state index in [4.69, 9.17) is 0 Å². The minimum absolute atomic E-state index is 0.00275. The van der Waals surface area contributed by atoms with E-state index in [-0.39, 0.29) is 5.91 Å². The third-order valence-electron chi connectivity index (χ3n) is 8.58. The van der Waals surface area contributed by atoms with Gasteiger partial charge < -0.3 is 9.13 Å². The highest BCUT2D eigenvalue weighted by molar-refractivity contribution is 7.99. The van der Waals surface area contributed by atoms with Crippen LogP contribution in [0.15, 0.2) is 143 Å². The topological polar surface area (TPSA) is 30.2 Å². The van der Waals surface area contributed by atoms with Crippen molar-refractivity contribution in [3.8, 4) is 11.4 Å². The first-order valence-corrected chi connectivity index (χ1v) is 15.2. The maximum atomic E-state index is 13.2. The van der Waals surface area contributed by atoms with Crippen molar-refractivity contribution in [2.45, 2.75) is 16.7 Å². The third-order valence-corrected chi connectivity index (χ3v) is 9.67. The number of amides is 1. The Hall–Kier alpha value is -5.26. The van der Waals surface area contributed by atoms with Crippen LogP contribution < -0.4 is 4.90 Å². The minimum Gasteiger partial charge on any atom is -0.309 e. The molecule has 0 unspecified atom stereocenters. The first kappa shape index (κ1) is 24.3. The Balaban J connectivity index is 1.23. The number of hydrogen-bond donors (Lipinski definition) is 0.